The highest BCUT2D eigenvalue weighted by Gasteiger charge is 2.24. The highest BCUT2D eigenvalue weighted by atomic mass is 32.2. The summed E-state index contributed by atoms with van der Waals surface area (Å²) >= 11 is 1.79. The van der Waals surface area contributed by atoms with Crippen molar-refractivity contribution in [2.75, 3.05) is 25.4 Å². The van der Waals surface area contributed by atoms with Crippen molar-refractivity contribution in [1.29, 1.82) is 0 Å². The molecule has 0 unspecified atom stereocenters. The monoisotopic (exact) mass is 372 g/mol. The predicted octanol–water partition coefficient (Wildman–Crippen LogP) is 3.85. The predicted molar refractivity (Wildman–Crippen MR) is 107 cm³/mol. The van der Waals surface area contributed by atoms with E-state index >= 15 is 0 Å². The number of amides is 1. The molecule has 1 aliphatic heterocycles. The van der Waals surface area contributed by atoms with E-state index in [9.17, 15) is 4.79 Å². The molecule has 1 fully saturated rings. The molecule has 1 N–H and O–H groups in total. The summed E-state index contributed by atoms with van der Waals surface area (Å²) in [6.07, 6.45) is 3.61. The number of rotatable bonds is 8. The van der Waals surface area contributed by atoms with Crippen molar-refractivity contribution in [2.24, 2.45) is 5.92 Å². The molecule has 2 heterocycles. The molecule has 0 spiro atoms. The second-order valence-corrected chi connectivity index (χ2v) is 8.07. The molecule has 0 atom stereocenters. The number of thioether (sulfide) groups is 1. The molecule has 0 saturated carbocycles. The number of aryl methyl sites for hydroxylation is 1. The van der Waals surface area contributed by atoms with Crippen molar-refractivity contribution in [3.63, 3.8) is 0 Å². The van der Waals surface area contributed by atoms with Gasteiger partial charge in [0.2, 0.25) is 5.91 Å². The Bertz CT molecular complexity index is 679. The highest BCUT2D eigenvalue weighted by molar-refractivity contribution is 7.98. The Morgan fingerprint density at radius 3 is 2.85 bits per heavy atom. The van der Waals surface area contributed by atoms with Crippen LogP contribution in [0, 0.1) is 12.8 Å². The molecule has 140 valence electrons. The van der Waals surface area contributed by atoms with E-state index in [0.29, 0.717) is 0 Å². The molecule has 4 nitrogen and oxygen atoms in total. The zero-order valence-corrected chi connectivity index (χ0v) is 16.3. The molecule has 0 radical (unpaired) electrons. The lowest BCUT2D eigenvalue weighted by Gasteiger charge is -2.31. The molecular formula is C21H28N2O2S. The van der Waals surface area contributed by atoms with Crippen LogP contribution in [0.15, 0.2) is 47.1 Å². The highest BCUT2D eigenvalue weighted by Crippen LogP contribution is 2.20. The van der Waals surface area contributed by atoms with Gasteiger partial charge >= 0.3 is 0 Å². The number of nitrogens with zero attached hydrogens (tertiary/aromatic N) is 1. The van der Waals surface area contributed by atoms with Crippen molar-refractivity contribution in [2.45, 2.75) is 32.1 Å². The van der Waals surface area contributed by atoms with Crippen LogP contribution in [0.2, 0.25) is 0 Å². The van der Waals surface area contributed by atoms with Gasteiger partial charge in [-0.25, -0.2) is 0 Å². The summed E-state index contributed by atoms with van der Waals surface area (Å²) in [4.78, 5) is 14.8. The molecule has 5 heteroatoms. The first-order valence-corrected chi connectivity index (χ1v) is 10.5. The Morgan fingerprint density at radius 2 is 2.12 bits per heavy atom. The fourth-order valence-electron chi connectivity index (χ4n) is 3.38. The minimum absolute atomic E-state index is 0.166. The smallest absolute Gasteiger partial charge is 0.223 e. The van der Waals surface area contributed by atoms with E-state index in [2.05, 4.69) is 41.4 Å². The summed E-state index contributed by atoms with van der Waals surface area (Å²) in [5.74, 6) is 3.15. The third kappa shape index (κ3) is 5.92. The standard InChI is InChI=1S/C21H28N2O2S/c1-17-4-2-5-18(14-17)15-23-10-7-19(8-11-23)21(24)22-9-13-26-16-20-6-3-12-25-20/h2-6,12,14,19H,7-11,13,15-16H2,1H3,(H,22,24). The largest absolute Gasteiger partial charge is 0.468 e. The van der Waals surface area contributed by atoms with E-state index in [1.54, 1.807) is 18.0 Å². The molecular weight excluding hydrogens is 344 g/mol. The number of carbonyl (C=O) groups is 1. The molecule has 3 rings (SSSR count). The lowest BCUT2D eigenvalue weighted by molar-refractivity contribution is -0.126. The first-order chi connectivity index (χ1) is 12.7. The van der Waals surface area contributed by atoms with Gasteiger partial charge in [0.15, 0.2) is 0 Å². The SMILES string of the molecule is Cc1cccc(CN2CCC(C(=O)NCCSCc3ccco3)CC2)c1. The normalized spacial score (nSPS) is 15.9. The number of benzene rings is 1. The molecule has 0 bridgehead atoms. The van der Waals surface area contributed by atoms with E-state index < -0.39 is 0 Å². The Kier molecular flexibility index (Phi) is 7.21. The quantitative estimate of drug-likeness (QED) is 0.715. The number of carbonyl (C=O) groups excluding carboxylic acids is 1. The van der Waals surface area contributed by atoms with Crippen LogP contribution in [0.3, 0.4) is 0 Å². The second kappa shape index (κ2) is 9.83. The van der Waals surface area contributed by atoms with Crippen LogP contribution in [0.5, 0.6) is 0 Å². The molecule has 1 amide bonds. The molecule has 1 saturated heterocycles. The van der Waals surface area contributed by atoms with Crippen LogP contribution in [0.25, 0.3) is 0 Å². The first kappa shape index (κ1) is 19.1. The Balaban J connectivity index is 1.30. The Labute approximate surface area is 160 Å². The Hall–Kier alpha value is -1.72. The third-order valence-electron chi connectivity index (χ3n) is 4.82. The maximum absolute atomic E-state index is 12.3. The van der Waals surface area contributed by atoms with Gasteiger partial charge in [0.25, 0.3) is 0 Å². The summed E-state index contributed by atoms with van der Waals surface area (Å²) in [6, 6.07) is 12.6. The lowest BCUT2D eigenvalue weighted by atomic mass is 9.95. The second-order valence-electron chi connectivity index (χ2n) is 6.96. The topological polar surface area (TPSA) is 45.5 Å². The summed E-state index contributed by atoms with van der Waals surface area (Å²) in [5, 5.41) is 3.10. The summed E-state index contributed by atoms with van der Waals surface area (Å²) in [5.41, 5.74) is 2.67. The van der Waals surface area contributed by atoms with E-state index in [1.807, 2.05) is 12.1 Å². The van der Waals surface area contributed by atoms with Crippen molar-refractivity contribution >= 4 is 17.7 Å². The lowest BCUT2D eigenvalue weighted by Crippen LogP contribution is -2.40. The zero-order valence-electron chi connectivity index (χ0n) is 15.4. The van der Waals surface area contributed by atoms with Gasteiger partial charge in [0.1, 0.15) is 5.76 Å². The Morgan fingerprint density at radius 1 is 1.27 bits per heavy atom. The summed E-state index contributed by atoms with van der Waals surface area (Å²) < 4.78 is 5.30. The fraction of sp³-hybridized carbons (Fsp3) is 0.476. The summed E-state index contributed by atoms with van der Waals surface area (Å²) in [6.45, 7) is 5.85. The fourth-order valence-corrected chi connectivity index (χ4v) is 4.14. The molecule has 1 aromatic carbocycles. The number of hydrogen-bond acceptors (Lipinski definition) is 4. The number of piperidine rings is 1. The molecule has 1 aliphatic rings. The van der Waals surface area contributed by atoms with Crippen LogP contribution in [-0.4, -0.2) is 36.2 Å². The molecule has 0 aliphatic carbocycles. The van der Waals surface area contributed by atoms with E-state index in [1.165, 1.54) is 11.1 Å². The minimum atomic E-state index is 0.166. The maximum atomic E-state index is 12.3. The average Bonchev–Trinajstić information content (AvgIpc) is 3.15. The average molecular weight is 373 g/mol. The third-order valence-corrected chi connectivity index (χ3v) is 5.80. The van der Waals surface area contributed by atoms with E-state index in [-0.39, 0.29) is 11.8 Å². The summed E-state index contributed by atoms with van der Waals surface area (Å²) in [7, 11) is 0. The van der Waals surface area contributed by atoms with Gasteiger partial charge in [0.05, 0.1) is 12.0 Å². The van der Waals surface area contributed by atoms with E-state index in [4.69, 9.17) is 4.42 Å². The van der Waals surface area contributed by atoms with Crippen molar-refractivity contribution in [3.8, 4) is 0 Å². The number of hydrogen-bond donors (Lipinski definition) is 1. The van der Waals surface area contributed by atoms with Crippen LogP contribution >= 0.6 is 11.8 Å². The van der Waals surface area contributed by atoms with Gasteiger partial charge in [-0.15, -0.1) is 0 Å². The number of furan rings is 1. The van der Waals surface area contributed by atoms with Gasteiger partial charge in [-0.05, 0) is 50.6 Å². The van der Waals surface area contributed by atoms with Gasteiger partial charge in [-0.1, -0.05) is 29.8 Å². The van der Waals surface area contributed by atoms with E-state index in [0.717, 1.165) is 56.3 Å². The van der Waals surface area contributed by atoms with Crippen LogP contribution in [-0.2, 0) is 17.1 Å². The molecule has 2 aromatic rings. The van der Waals surface area contributed by atoms with Gasteiger partial charge in [0, 0.05) is 24.8 Å². The number of likely N-dealkylation sites (tertiary alicyclic amines) is 1. The zero-order chi connectivity index (χ0) is 18.2. The van der Waals surface area contributed by atoms with Crippen molar-refractivity contribution < 1.29 is 9.21 Å². The van der Waals surface area contributed by atoms with Crippen LogP contribution in [0.4, 0.5) is 0 Å². The number of nitrogens with one attached hydrogen (secondary N) is 1. The van der Waals surface area contributed by atoms with Crippen LogP contribution in [0.1, 0.15) is 29.7 Å². The first-order valence-electron chi connectivity index (χ1n) is 9.36. The van der Waals surface area contributed by atoms with Gasteiger partial charge < -0.3 is 9.73 Å². The van der Waals surface area contributed by atoms with Crippen LogP contribution < -0.4 is 5.32 Å². The molecule has 26 heavy (non-hydrogen) atoms. The van der Waals surface area contributed by atoms with Gasteiger partial charge in [-0.2, -0.15) is 11.8 Å². The van der Waals surface area contributed by atoms with Crippen molar-refractivity contribution in [3.05, 3.63) is 59.5 Å². The minimum Gasteiger partial charge on any atom is -0.468 e. The van der Waals surface area contributed by atoms with Crippen molar-refractivity contribution in [1.82, 2.24) is 10.2 Å². The van der Waals surface area contributed by atoms with Gasteiger partial charge in [-0.3, -0.25) is 9.69 Å². The molecule has 1 aromatic heterocycles. The maximum Gasteiger partial charge on any atom is 0.223 e.